The lowest BCUT2D eigenvalue weighted by Gasteiger charge is -2.00. The third-order valence-corrected chi connectivity index (χ3v) is 2.46. The minimum atomic E-state index is -0.175. The number of ether oxygens (including phenoxy) is 1. The minimum absolute atomic E-state index is 0.0477. The van der Waals surface area contributed by atoms with Gasteiger partial charge < -0.3 is 15.0 Å². The third kappa shape index (κ3) is 2.95. The van der Waals surface area contributed by atoms with Crippen LogP contribution in [0.5, 0.6) is 0 Å². The van der Waals surface area contributed by atoms with Gasteiger partial charge in [-0.1, -0.05) is 11.6 Å². The zero-order valence-electron chi connectivity index (χ0n) is 9.29. The molecule has 1 heterocycles. The summed E-state index contributed by atoms with van der Waals surface area (Å²) in [5, 5.41) is 3.33. The van der Waals surface area contributed by atoms with Crippen LogP contribution in [-0.4, -0.2) is 29.6 Å². The number of fused-ring (bicyclic) bond motifs is 1. The van der Waals surface area contributed by atoms with Crippen LogP contribution >= 0.6 is 11.6 Å². The molecule has 1 amide bonds. The molecule has 2 aromatic rings. The van der Waals surface area contributed by atoms with Gasteiger partial charge in [-0.2, -0.15) is 0 Å². The number of nitrogens with one attached hydrogen (secondary N) is 2. The van der Waals surface area contributed by atoms with E-state index in [4.69, 9.17) is 16.3 Å². The van der Waals surface area contributed by atoms with E-state index in [1.165, 1.54) is 7.11 Å². The molecule has 0 aliphatic heterocycles. The Balaban J connectivity index is 2.07. The number of halogens is 1. The lowest BCUT2D eigenvalue weighted by molar-refractivity contribution is -0.124. The van der Waals surface area contributed by atoms with E-state index < -0.39 is 0 Å². The molecule has 0 atom stereocenters. The summed E-state index contributed by atoms with van der Waals surface area (Å²) < 4.78 is 4.71. The first-order chi connectivity index (χ1) is 8.19. The van der Waals surface area contributed by atoms with Crippen molar-refractivity contribution in [2.45, 2.75) is 6.54 Å². The summed E-state index contributed by atoms with van der Waals surface area (Å²) in [6.45, 7) is 0.389. The van der Waals surface area contributed by atoms with Crippen LogP contribution in [-0.2, 0) is 16.1 Å². The van der Waals surface area contributed by atoms with E-state index in [0.29, 0.717) is 17.4 Å². The highest BCUT2D eigenvalue weighted by atomic mass is 35.5. The largest absolute Gasteiger partial charge is 0.375 e. The highest BCUT2D eigenvalue weighted by molar-refractivity contribution is 6.31. The van der Waals surface area contributed by atoms with E-state index in [1.54, 1.807) is 12.1 Å². The van der Waals surface area contributed by atoms with Gasteiger partial charge in [0, 0.05) is 12.1 Å². The molecule has 2 N–H and O–H groups in total. The van der Waals surface area contributed by atoms with Crippen molar-refractivity contribution in [3.05, 3.63) is 29.0 Å². The monoisotopic (exact) mass is 253 g/mol. The predicted octanol–water partition coefficient (Wildman–Crippen LogP) is 1.48. The summed E-state index contributed by atoms with van der Waals surface area (Å²) in [5.74, 6) is 0.512. The minimum Gasteiger partial charge on any atom is -0.375 e. The topological polar surface area (TPSA) is 67.0 Å². The maximum atomic E-state index is 11.2. The van der Waals surface area contributed by atoms with Gasteiger partial charge in [0.1, 0.15) is 12.4 Å². The van der Waals surface area contributed by atoms with Crippen LogP contribution in [0.25, 0.3) is 11.0 Å². The number of benzene rings is 1. The number of rotatable bonds is 4. The predicted molar refractivity (Wildman–Crippen MR) is 64.8 cm³/mol. The fourth-order valence-electron chi connectivity index (χ4n) is 1.48. The molecule has 90 valence electrons. The van der Waals surface area contributed by atoms with Crippen LogP contribution in [0.3, 0.4) is 0 Å². The molecule has 6 heteroatoms. The number of H-pyrrole nitrogens is 1. The molecule has 2 rings (SSSR count). The number of aromatic amines is 1. The number of methoxy groups -OCH3 is 1. The Morgan fingerprint density at radius 3 is 3.18 bits per heavy atom. The molecule has 0 aliphatic carbocycles. The molecular formula is C11H12ClN3O2. The van der Waals surface area contributed by atoms with E-state index in [9.17, 15) is 4.79 Å². The van der Waals surface area contributed by atoms with Crippen molar-refractivity contribution in [2.24, 2.45) is 0 Å². The Hall–Kier alpha value is -1.59. The Bertz CT molecular complexity index is 538. The molecule has 0 saturated heterocycles. The number of nitrogens with zero attached hydrogens (tertiary/aromatic N) is 1. The summed E-state index contributed by atoms with van der Waals surface area (Å²) in [7, 11) is 1.47. The van der Waals surface area contributed by atoms with Crippen LogP contribution in [0.4, 0.5) is 0 Å². The number of hydrogen-bond donors (Lipinski definition) is 2. The number of amides is 1. The van der Waals surface area contributed by atoms with E-state index in [-0.39, 0.29) is 12.5 Å². The lowest BCUT2D eigenvalue weighted by atomic mass is 10.3. The molecule has 0 aliphatic rings. The van der Waals surface area contributed by atoms with Gasteiger partial charge in [-0.25, -0.2) is 4.98 Å². The lowest BCUT2D eigenvalue weighted by Crippen LogP contribution is -2.26. The quantitative estimate of drug-likeness (QED) is 0.867. The van der Waals surface area contributed by atoms with Gasteiger partial charge in [0.25, 0.3) is 0 Å². The molecule has 0 fully saturated rings. The number of hydrogen-bond acceptors (Lipinski definition) is 3. The SMILES string of the molecule is COCC(=O)NCc1nc2ccc(Cl)cc2[nH]1. The first-order valence-corrected chi connectivity index (χ1v) is 5.46. The van der Waals surface area contributed by atoms with Crippen molar-refractivity contribution in [3.63, 3.8) is 0 Å². The molecule has 5 nitrogen and oxygen atoms in total. The van der Waals surface area contributed by atoms with Gasteiger partial charge in [-0.3, -0.25) is 4.79 Å². The second kappa shape index (κ2) is 5.16. The van der Waals surface area contributed by atoms with Crippen molar-refractivity contribution >= 4 is 28.5 Å². The van der Waals surface area contributed by atoms with Gasteiger partial charge >= 0.3 is 0 Å². The van der Waals surface area contributed by atoms with Crippen molar-refractivity contribution in [1.82, 2.24) is 15.3 Å². The number of carbonyl (C=O) groups excluding carboxylic acids is 1. The van der Waals surface area contributed by atoms with Crippen molar-refractivity contribution in [1.29, 1.82) is 0 Å². The summed E-state index contributed by atoms with van der Waals surface area (Å²) in [4.78, 5) is 18.6. The molecule has 1 aromatic heterocycles. The Labute approximate surface area is 103 Å². The zero-order valence-corrected chi connectivity index (χ0v) is 10.0. The summed E-state index contributed by atoms with van der Waals surface area (Å²) in [6, 6.07) is 5.40. The van der Waals surface area contributed by atoms with Gasteiger partial charge in [-0.15, -0.1) is 0 Å². The average molecular weight is 254 g/mol. The second-order valence-corrected chi connectivity index (χ2v) is 3.99. The maximum Gasteiger partial charge on any atom is 0.246 e. The van der Waals surface area contributed by atoms with Gasteiger partial charge in [0.2, 0.25) is 5.91 Å². The Morgan fingerprint density at radius 1 is 1.59 bits per heavy atom. The van der Waals surface area contributed by atoms with Crippen LogP contribution in [0, 0.1) is 0 Å². The molecule has 0 saturated carbocycles. The van der Waals surface area contributed by atoms with Crippen molar-refractivity contribution < 1.29 is 9.53 Å². The zero-order chi connectivity index (χ0) is 12.3. The highest BCUT2D eigenvalue weighted by Gasteiger charge is 2.05. The summed E-state index contributed by atoms with van der Waals surface area (Å²) >= 11 is 5.86. The normalized spacial score (nSPS) is 10.7. The molecule has 0 bridgehead atoms. The van der Waals surface area contributed by atoms with Gasteiger partial charge in [0.05, 0.1) is 17.6 Å². The fraction of sp³-hybridized carbons (Fsp3) is 0.273. The Morgan fingerprint density at radius 2 is 2.41 bits per heavy atom. The summed E-state index contributed by atoms with van der Waals surface area (Å²) in [5.41, 5.74) is 1.68. The Kier molecular flexibility index (Phi) is 3.61. The van der Waals surface area contributed by atoms with Crippen molar-refractivity contribution in [3.8, 4) is 0 Å². The fourth-order valence-corrected chi connectivity index (χ4v) is 1.65. The molecule has 0 unspecified atom stereocenters. The van der Waals surface area contributed by atoms with Crippen LogP contribution < -0.4 is 5.32 Å². The summed E-state index contributed by atoms with van der Waals surface area (Å²) in [6.07, 6.45) is 0. The van der Waals surface area contributed by atoms with Crippen LogP contribution in [0.15, 0.2) is 18.2 Å². The average Bonchev–Trinajstić information content (AvgIpc) is 2.68. The smallest absolute Gasteiger partial charge is 0.246 e. The number of imidazole rings is 1. The van der Waals surface area contributed by atoms with Crippen LogP contribution in [0.2, 0.25) is 5.02 Å². The number of aromatic nitrogens is 2. The molecular weight excluding hydrogens is 242 g/mol. The molecule has 1 aromatic carbocycles. The second-order valence-electron chi connectivity index (χ2n) is 3.55. The first-order valence-electron chi connectivity index (χ1n) is 5.09. The van der Waals surface area contributed by atoms with Gasteiger partial charge in [-0.05, 0) is 18.2 Å². The van der Waals surface area contributed by atoms with E-state index in [1.807, 2.05) is 6.07 Å². The first kappa shape index (κ1) is 11.9. The van der Waals surface area contributed by atoms with E-state index in [0.717, 1.165) is 11.0 Å². The van der Waals surface area contributed by atoms with E-state index >= 15 is 0 Å². The molecule has 0 radical (unpaired) electrons. The maximum absolute atomic E-state index is 11.2. The van der Waals surface area contributed by atoms with E-state index in [2.05, 4.69) is 15.3 Å². The van der Waals surface area contributed by atoms with Crippen molar-refractivity contribution in [2.75, 3.05) is 13.7 Å². The van der Waals surface area contributed by atoms with Crippen LogP contribution in [0.1, 0.15) is 5.82 Å². The standard InChI is InChI=1S/C11H12ClN3O2/c1-17-6-11(16)13-5-10-14-8-3-2-7(12)4-9(8)15-10/h2-4H,5-6H2,1H3,(H,13,16)(H,14,15). The van der Waals surface area contributed by atoms with Gasteiger partial charge in [0.15, 0.2) is 0 Å². The molecule has 17 heavy (non-hydrogen) atoms. The highest BCUT2D eigenvalue weighted by Crippen LogP contribution is 2.16. The third-order valence-electron chi connectivity index (χ3n) is 2.22. The molecule has 0 spiro atoms. The number of carbonyl (C=O) groups is 1.